The summed E-state index contributed by atoms with van der Waals surface area (Å²) in [6.07, 6.45) is -3.72. The minimum absolute atomic E-state index is 0.339. The quantitative estimate of drug-likeness (QED) is 0.767. The Labute approximate surface area is 106 Å². The van der Waals surface area contributed by atoms with Gasteiger partial charge in [-0.05, 0) is 30.7 Å². The molecule has 100 valence electrons. The van der Waals surface area contributed by atoms with Crippen LogP contribution >= 0.6 is 0 Å². The molecule has 19 heavy (non-hydrogen) atoms. The van der Waals surface area contributed by atoms with Gasteiger partial charge in [0.1, 0.15) is 11.6 Å². The Kier molecular flexibility index (Phi) is 3.42. The average molecular weight is 271 g/mol. The van der Waals surface area contributed by atoms with Crippen molar-refractivity contribution in [3.05, 3.63) is 47.9 Å². The number of aromatic nitrogens is 1. The number of rotatable bonds is 2. The van der Waals surface area contributed by atoms with Crippen molar-refractivity contribution in [2.45, 2.75) is 13.3 Å². The number of ether oxygens (including phenoxy) is 1. The van der Waals surface area contributed by atoms with Gasteiger partial charge in [-0.25, -0.2) is 4.39 Å². The van der Waals surface area contributed by atoms with Crippen LogP contribution in [0.3, 0.4) is 0 Å². The SMILES string of the molecule is Cc1cc(-c2cccc(OC(F)(F)F)c2)ncc1F. The van der Waals surface area contributed by atoms with Crippen molar-refractivity contribution in [1.29, 1.82) is 0 Å². The zero-order chi connectivity index (χ0) is 14.0. The number of hydrogen-bond donors (Lipinski definition) is 0. The van der Waals surface area contributed by atoms with Crippen LogP contribution in [-0.2, 0) is 0 Å². The lowest BCUT2D eigenvalue weighted by molar-refractivity contribution is -0.274. The monoisotopic (exact) mass is 271 g/mol. The minimum Gasteiger partial charge on any atom is -0.406 e. The van der Waals surface area contributed by atoms with Crippen molar-refractivity contribution in [3.8, 4) is 17.0 Å². The summed E-state index contributed by atoms with van der Waals surface area (Å²) < 4.78 is 53.2. The van der Waals surface area contributed by atoms with Gasteiger partial charge in [0.2, 0.25) is 0 Å². The first-order valence-electron chi connectivity index (χ1n) is 5.33. The van der Waals surface area contributed by atoms with E-state index in [0.717, 1.165) is 6.20 Å². The van der Waals surface area contributed by atoms with E-state index in [-0.39, 0.29) is 5.75 Å². The average Bonchev–Trinajstić information content (AvgIpc) is 2.31. The molecule has 1 aromatic carbocycles. The van der Waals surface area contributed by atoms with E-state index in [9.17, 15) is 17.6 Å². The van der Waals surface area contributed by atoms with E-state index >= 15 is 0 Å². The van der Waals surface area contributed by atoms with Crippen molar-refractivity contribution in [2.24, 2.45) is 0 Å². The van der Waals surface area contributed by atoms with Gasteiger partial charge in [-0.3, -0.25) is 4.98 Å². The van der Waals surface area contributed by atoms with Crippen molar-refractivity contribution >= 4 is 0 Å². The highest BCUT2D eigenvalue weighted by Crippen LogP contribution is 2.27. The molecule has 0 aliphatic carbocycles. The number of benzene rings is 1. The number of hydrogen-bond acceptors (Lipinski definition) is 2. The Morgan fingerprint density at radius 3 is 2.53 bits per heavy atom. The van der Waals surface area contributed by atoms with Gasteiger partial charge in [-0.15, -0.1) is 13.2 Å². The first-order valence-corrected chi connectivity index (χ1v) is 5.33. The lowest BCUT2D eigenvalue weighted by Crippen LogP contribution is -2.17. The second kappa shape index (κ2) is 4.87. The van der Waals surface area contributed by atoms with Gasteiger partial charge in [0, 0.05) is 5.56 Å². The summed E-state index contributed by atoms with van der Waals surface area (Å²) in [7, 11) is 0. The summed E-state index contributed by atoms with van der Waals surface area (Å²) in [5, 5.41) is 0. The topological polar surface area (TPSA) is 22.1 Å². The maximum atomic E-state index is 13.1. The molecule has 0 N–H and O–H groups in total. The lowest BCUT2D eigenvalue weighted by Gasteiger charge is -2.10. The molecule has 0 fully saturated rings. The van der Waals surface area contributed by atoms with Crippen LogP contribution < -0.4 is 4.74 Å². The Morgan fingerprint density at radius 1 is 1.16 bits per heavy atom. The van der Waals surface area contributed by atoms with Gasteiger partial charge in [-0.1, -0.05) is 12.1 Å². The van der Waals surface area contributed by atoms with E-state index in [1.165, 1.54) is 24.3 Å². The van der Waals surface area contributed by atoms with Gasteiger partial charge >= 0.3 is 6.36 Å². The summed E-state index contributed by atoms with van der Waals surface area (Å²) in [5.74, 6) is -0.805. The molecule has 2 nitrogen and oxygen atoms in total. The Morgan fingerprint density at radius 2 is 1.89 bits per heavy atom. The van der Waals surface area contributed by atoms with E-state index in [2.05, 4.69) is 9.72 Å². The van der Waals surface area contributed by atoms with Gasteiger partial charge in [0.15, 0.2) is 0 Å². The van der Waals surface area contributed by atoms with Crippen LogP contribution in [0.15, 0.2) is 36.5 Å². The Balaban J connectivity index is 2.35. The van der Waals surface area contributed by atoms with E-state index < -0.39 is 12.2 Å². The smallest absolute Gasteiger partial charge is 0.406 e. The zero-order valence-corrected chi connectivity index (χ0v) is 9.83. The van der Waals surface area contributed by atoms with Crippen LogP contribution in [0.1, 0.15) is 5.56 Å². The predicted molar refractivity (Wildman–Crippen MR) is 61.1 cm³/mol. The molecule has 0 atom stereocenters. The predicted octanol–water partition coefficient (Wildman–Crippen LogP) is 4.09. The number of nitrogens with zero attached hydrogens (tertiary/aromatic N) is 1. The molecule has 0 aliphatic rings. The van der Waals surface area contributed by atoms with Gasteiger partial charge in [0.25, 0.3) is 0 Å². The first-order chi connectivity index (χ1) is 8.85. The second-order valence-electron chi connectivity index (χ2n) is 3.89. The fourth-order valence-electron chi connectivity index (χ4n) is 1.55. The van der Waals surface area contributed by atoms with Crippen molar-refractivity contribution in [1.82, 2.24) is 4.98 Å². The number of alkyl halides is 3. The molecule has 2 rings (SSSR count). The van der Waals surface area contributed by atoms with Gasteiger partial charge < -0.3 is 4.74 Å². The number of aryl methyl sites for hydroxylation is 1. The maximum Gasteiger partial charge on any atom is 0.573 e. The van der Waals surface area contributed by atoms with Crippen molar-refractivity contribution < 1.29 is 22.3 Å². The molecular formula is C13H9F4NO. The third kappa shape index (κ3) is 3.43. The molecule has 0 radical (unpaired) electrons. The molecule has 1 aromatic heterocycles. The van der Waals surface area contributed by atoms with E-state index in [4.69, 9.17) is 0 Å². The molecule has 0 saturated heterocycles. The lowest BCUT2D eigenvalue weighted by atomic mass is 10.1. The maximum absolute atomic E-state index is 13.1. The zero-order valence-electron chi connectivity index (χ0n) is 9.83. The van der Waals surface area contributed by atoms with Crippen LogP contribution in [0.2, 0.25) is 0 Å². The normalized spacial score (nSPS) is 11.4. The third-order valence-corrected chi connectivity index (χ3v) is 2.41. The van der Waals surface area contributed by atoms with E-state index in [1.54, 1.807) is 13.0 Å². The number of halogens is 4. The number of pyridine rings is 1. The second-order valence-corrected chi connectivity index (χ2v) is 3.89. The van der Waals surface area contributed by atoms with Crippen LogP contribution in [0.5, 0.6) is 5.75 Å². The van der Waals surface area contributed by atoms with Crippen LogP contribution in [-0.4, -0.2) is 11.3 Å². The van der Waals surface area contributed by atoms with Crippen LogP contribution in [0, 0.1) is 12.7 Å². The largest absolute Gasteiger partial charge is 0.573 e. The molecule has 2 aromatic rings. The minimum atomic E-state index is -4.75. The summed E-state index contributed by atoms with van der Waals surface area (Å²) in [6, 6.07) is 6.84. The summed E-state index contributed by atoms with van der Waals surface area (Å²) >= 11 is 0. The van der Waals surface area contributed by atoms with Crippen LogP contribution in [0.25, 0.3) is 11.3 Å². The highest BCUT2D eigenvalue weighted by atomic mass is 19.4. The molecule has 0 unspecified atom stereocenters. The van der Waals surface area contributed by atoms with E-state index in [0.29, 0.717) is 16.8 Å². The van der Waals surface area contributed by atoms with Gasteiger partial charge in [-0.2, -0.15) is 0 Å². The molecule has 0 amide bonds. The highest BCUT2D eigenvalue weighted by Gasteiger charge is 2.31. The molecule has 0 aliphatic heterocycles. The Bertz CT molecular complexity index is 595. The van der Waals surface area contributed by atoms with Gasteiger partial charge in [0.05, 0.1) is 11.9 Å². The standard InChI is InChI=1S/C13H9F4NO/c1-8-5-12(18-7-11(8)14)9-3-2-4-10(6-9)19-13(15,16)17/h2-7H,1H3. The first kappa shape index (κ1) is 13.3. The van der Waals surface area contributed by atoms with Crippen molar-refractivity contribution in [3.63, 3.8) is 0 Å². The fourth-order valence-corrected chi connectivity index (χ4v) is 1.55. The van der Waals surface area contributed by atoms with Crippen molar-refractivity contribution in [2.75, 3.05) is 0 Å². The molecule has 0 bridgehead atoms. The Hall–Kier alpha value is -2.11. The summed E-state index contributed by atoms with van der Waals surface area (Å²) in [4.78, 5) is 3.84. The fraction of sp³-hybridized carbons (Fsp3) is 0.154. The molecule has 1 heterocycles. The van der Waals surface area contributed by atoms with E-state index in [1.807, 2.05) is 0 Å². The highest BCUT2D eigenvalue weighted by molar-refractivity contribution is 5.61. The summed E-state index contributed by atoms with van der Waals surface area (Å²) in [6.45, 7) is 1.55. The summed E-state index contributed by atoms with van der Waals surface area (Å²) in [5.41, 5.74) is 1.17. The molecule has 0 saturated carbocycles. The molecule has 0 spiro atoms. The third-order valence-electron chi connectivity index (χ3n) is 2.41. The molecule has 6 heteroatoms. The van der Waals surface area contributed by atoms with Crippen LogP contribution in [0.4, 0.5) is 17.6 Å². The molecular weight excluding hydrogens is 262 g/mol.